The lowest BCUT2D eigenvalue weighted by atomic mass is 10.1. The van der Waals surface area contributed by atoms with Gasteiger partial charge in [0.2, 0.25) is 11.9 Å². The van der Waals surface area contributed by atoms with Crippen LogP contribution in [0.25, 0.3) is 115 Å². The van der Waals surface area contributed by atoms with Gasteiger partial charge in [-0.1, -0.05) is 127 Å². The maximum absolute atomic E-state index is 9.22. The minimum atomic E-state index is -0.324. The van der Waals surface area contributed by atoms with Crippen LogP contribution in [0.1, 0.15) is 5.48 Å². The van der Waals surface area contributed by atoms with Crippen LogP contribution >= 0.6 is 11.3 Å². The number of benzene rings is 8. The summed E-state index contributed by atoms with van der Waals surface area (Å²) in [4.78, 5) is 15.7. The van der Waals surface area contributed by atoms with Crippen LogP contribution in [0.5, 0.6) is 0 Å². The van der Waals surface area contributed by atoms with E-state index in [1.165, 1.54) is 25.6 Å². The molecule has 0 amide bonds. The molecule has 270 valence electrons. The van der Waals surface area contributed by atoms with Crippen LogP contribution in [0.4, 0.5) is 0 Å². The summed E-state index contributed by atoms with van der Waals surface area (Å²) in [6.45, 7) is 0. The van der Waals surface area contributed by atoms with Gasteiger partial charge < -0.3 is 4.57 Å². The second kappa shape index (κ2) is 11.9. The van der Waals surface area contributed by atoms with Crippen molar-refractivity contribution in [3.63, 3.8) is 0 Å². The van der Waals surface area contributed by atoms with Crippen LogP contribution in [0.15, 0.2) is 182 Å². The highest BCUT2D eigenvalue weighted by Gasteiger charge is 2.22. The van der Waals surface area contributed by atoms with Crippen molar-refractivity contribution in [2.24, 2.45) is 0 Å². The van der Waals surface area contributed by atoms with Gasteiger partial charge in [0.15, 0.2) is 5.82 Å². The van der Waals surface area contributed by atoms with Gasteiger partial charge in [-0.25, -0.2) is 0 Å². The van der Waals surface area contributed by atoms with Crippen LogP contribution in [0.3, 0.4) is 0 Å². The van der Waals surface area contributed by atoms with Crippen LogP contribution in [0.2, 0.25) is 0 Å². The van der Waals surface area contributed by atoms with E-state index < -0.39 is 0 Å². The molecule has 0 saturated carbocycles. The molecule has 0 saturated heterocycles. The molecule has 13 rings (SSSR count). The first kappa shape index (κ1) is 27.9. The highest BCUT2D eigenvalue weighted by molar-refractivity contribution is 7.26. The quantitative estimate of drug-likeness (QED) is 0.179. The fraction of sp³-hybridized carbons (Fsp3) is 0. The fourth-order valence-corrected chi connectivity index (χ4v) is 10.1. The molecule has 0 radical (unpaired) electrons. The Morgan fingerprint density at radius 3 is 1.66 bits per heavy atom. The van der Waals surface area contributed by atoms with Gasteiger partial charge in [-0.2, -0.15) is 15.0 Å². The van der Waals surface area contributed by atoms with Gasteiger partial charge in [-0.15, -0.1) is 11.3 Å². The van der Waals surface area contributed by atoms with E-state index in [1.807, 2.05) is 60.7 Å². The Hall–Kier alpha value is -7.61. The van der Waals surface area contributed by atoms with Gasteiger partial charge in [0, 0.05) is 63.7 Å². The van der Waals surface area contributed by atoms with Crippen molar-refractivity contribution in [2.45, 2.75) is 0 Å². The van der Waals surface area contributed by atoms with E-state index in [9.17, 15) is 1.37 Å². The van der Waals surface area contributed by atoms with E-state index in [-0.39, 0.29) is 30.1 Å². The zero-order valence-corrected chi connectivity index (χ0v) is 31.4. The predicted molar refractivity (Wildman–Crippen MR) is 241 cm³/mol. The first-order valence-corrected chi connectivity index (χ1v) is 19.9. The molecule has 0 aliphatic rings. The monoisotopic (exact) mass is 762 g/mol. The molecule has 58 heavy (non-hydrogen) atoms. The molecular weight excluding hydrogens is 729 g/mol. The maximum Gasteiger partial charge on any atom is 0.240 e. The zero-order valence-electron chi connectivity index (χ0n) is 34.6. The maximum atomic E-state index is 9.22. The summed E-state index contributed by atoms with van der Waals surface area (Å²) in [6, 6.07) is 53.0. The molecular formula is C51H30N6S. The third-order valence-corrected chi connectivity index (χ3v) is 12.6. The summed E-state index contributed by atoms with van der Waals surface area (Å²) in [5.41, 5.74) is 6.73. The average molecular weight is 763 g/mol. The Bertz CT molecular complexity index is 4010. The Morgan fingerprint density at radius 2 is 0.966 bits per heavy atom. The number of thiophene rings is 1. The van der Waals surface area contributed by atoms with Crippen LogP contribution in [-0.2, 0) is 0 Å². The third-order valence-electron chi connectivity index (χ3n) is 11.4. The number of aromatic nitrogens is 6. The molecule has 0 spiro atoms. The summed E-state index contributed by atoms with van der Waals surface area (Å²) < 4.78 is 44.2. The van der Waals surface area contributed by atoms with E-state index in [0.29, 0.717) is 33.6 Å². The molecule has 0 unspecified atom stereocenters. The van der Waals surface area contributed by atoms with E-state index in [0.717, 1.165) is 49.5 Å². The molecule has 0 atom stereocenters. The Balaban J connectivity index is 1.13. The third kappa shape index (κ3) is 4.39. The van der Waals surface area contributed by atoms with Crippen molar-refractivity contribution >= 4 is 96.9 Å². The first-order chi connectivity index (χ1) is 30.4. The van der Waals surface area contributed by atoms with E-state index in [1.54, 1.807) is 15.9 Å². The molecule has 5 heterocycles. The number of hydrogen-bond donors (Lipinski definition) is 0. The summed E-state index contributed by atoms with van der Waals surface area (Å²) in [5.74, 6) is 1.02. The van der Waals surface area contributed by atoms with Crippen LogP contribution < -0.4 is 0 Å². The molecule has 13 aromatic rings. The Kier molecular flexibility index (Phi) is 5.74. The first-order valence-electron chi connectivity index (χ1n) is 21.1. The van der Waals surface area contributed by atoms with Crippen LogP contribution in [0, 0.1) is 0 Å². The lowest BCUT2D eigenvalue weighted by Crippen LogP contribution is -2.10. The normalized spacial score (nSPS) is 13.1. The highest BCUT2D eigenvalue weighted by Crippen LogP contribution is 2.43. The van der Waals surface area contributed by atoms with Gasteiger partial charge in [0.1, 0.15) is 0 Å². The largest absolute Gasteiger partial charge is 0.309 e. The molecule has 0 aliphatic heterocycles. The number of para-hydroxylation sites is 5. The van der Waals surface area contributed by atoms with Crippen molar-refractivity contribution in [1.82, 2.24) is 28.7 Å². The number of rotatable bonds is 4. The van der Waals surface area contributed by atoms with E-state index >= 15 is 0 Å². The lowest BCUT2D eigenvalue weighted by Gasteiger charge is -2.14. The molecule has 5 aromatic heterocycles. The molecule has 7 heteroatoms. The van der Waals surface area contributed by atoms with E-state index in [2.05, 4.69) is 106 Å². The second-order valence-electron chi connectivity index (χ2n) is 14.5. The molecule has 0 N–H and O–H groups in total. The van der Waals surface area contributed by atoms with Gasteiger partial charge in [0.25, 0.3) is 0 Å². The standard InChI is InChI=1S/C51H30N6S/c1-8-23-41-33(16-1)34-17-2-9-24-42(34)56(41)50-52-49(53-51(54-50)57-43-25-10-3-18-35(43)36-19-4-11-26-44(36)57)31-14-13-15-32(30-31)55-40-22-7-5-20-37(40)38-28-29-46-47(48(38)55)39-21-6-12-27-45(39)58-46/h1-30H/i1D,8D,16D,23D. The zero-order chi connectivity index (χ0) is 41.4. The summed E-state index contributed by atoms with van der Waals surface area (Å²) >= 11 is 1.80. The van der Waals surface area contributed by atoms with Crippen molar-refractivity contribution in [3.8, 4) is 29.0 Å². The average Bonchev–Trinajstić information content (AvgIpc) is 4.06. The van der Waals surface area contributed by atoms with Gasteiger partial charge in [0.05, 0.1) is 38.6 Å². The molecule has 0 aliphatic carbocycles. The minimum Gasteiger partial charge on any atom is -0.309 e. The topological polar surface area (TPSA) is 53.5 Å². The van der Waals surface area contributed by atoms with Crippen molar-refractivity contribution < 1.29 is 5.48 Å². The van der Waals surface area contributed by atoms with Crippen molar-refractivity contribution in [3.05, 3.63) is 182 Å². The van der Waals surface area contributed by atoms with Gasteiger partial charge in [-0.05, 0) is 54.6 Å². The highest BCUT2D eigenvalue weighted by atomic mass is 32.1. The number of nitrogens with zero attached hydrogens (tertiary/aromatic N) is 6. The van der Waals surface area contributed by atoms with Gasteiger partial charge in [-0.3, -0.25) is 9.13 Å². The summed E-state index contributed by atoms with van der Waals surface area (Å²) in [5, 5.41) is 7.97. The summed E-state index contributed by atoms with van der Waals surface area (Å²) in [6.07, 6.45) is 0. The number of hydrogen-bond acceptors (Lipinski definition) is 4. The Morgan fingerprint density at radius 1 is 0.414 bits per heavy atom. The SMILES string of the molecule is [2H]c1c([2H])c([2H])c2c(c1[2H])c1ccccc1n2-c1nc(-c2cccc(-n3c4ccccc4c4ccc5sc6ccccc6c5c43)c2)nc(-n2c3ccccc3c3ccccc32)n1. The molecule has 0 bridgehead atoms. The smallest absolute Gasteiger partial charge is 0.240 e. The predicted octanol–water partition coefficient (Wildman–Crippen LogP) is 13.2. The molecule has 8 aromatic carbocycles. The van der Waals surface area contributed by atoms with Crippen LogP contribution in [-0.4, -0.2) is 28.7 Å². The van der Waals surface area contributed by atoms with Crippen molar-refractivity contribution in [2.75, 3.05) is 0 Å². The lowest BCUT2D eigenvalue weighted by molar-refractivity contribution is 0.892. The fourth-order valence-electron chi connectivity index (χ4n) is 9.02. The van der Waals surface area contributed by atoms with E-state index in [4.69, 9.17) is 19.1 Å². The van der Waals surface area contributed by atoms with Gasteiger partial charge >= 0.3 is 0 Å². The number of fused-ring (bicyclic) bond motifs is 13. The summed E-state index contributed by atoms with van der Waals surface area (Å²) in [7, 11) is 0. The minimum absolute atomic E-state index is 0.112. The Labute approximate surface area is 340 Å². The molecule has 6 nitrogen and oxygen atoms in total. The second-order valence-corrected chi connectivity index (χ2v) is 15.6. The molecule has 0 fully saturated rings. The van der Waals surface area contributed by atoms with Crippen molar-refractivity contribution in [1.29, 1.82) is 0 Å².